The Morgan fingerprint density at radius 2 is 1.95 bits per heavy atom. The Kier molecular flexibility index (Phi) is 5.10. The molecule has 0 aliphatic heterocycles. The van der Waals surface area contributed by atoms with Gasteiger partial charge in [-0.1, -0.05) is 28.1 Å². The lowest BCUT2D eigenvalue weighted by Gasteiger charge is -2.16. The third kappa shape index (κ3) is 3.93. The van der Waals surface area contributed by atoms with Crippen molar-refractivity contribution >= 4 is 33.8 Å². The number of aliphatic carboxylic acids is 1. The molecule has 0 heterocycles. The van der Waals surface area contributed by atoms with Crippen LogP contribution >= 0.6 is 15.9 Å². The van der Waals surface area contributed by atoms with Crippen molar-refractivity contribution in [3.05, 3.63) is 41.0 Å². The van der Waals surface area contributed by atoms with Crippen LogP contribution in [-0.4, -0.2) is 16.9 Å². The number of benzene rings is 1. The number of carbonyl (C=O) groups is 2. The van der Waals surface area contributed by atoms with Gasteiger partial charge in [0.2, 0.25) is 0 Å². The van der Waals surface area contributed by atoms with Gasteiger partial charge >= 0.3 is 12.1 Å². The predicted molar refractivity (Wildman–Crippen MR) is 70.5 cm³/mol. The topological polar surface area (TPSA) is 54.4 Å². The molecule has 0 fully saturated rings. The molecular formula is C13H10BrF3O3. The standard InChI is InChI=1S/C13H10BrF3O3/c1-7(18)12(14)9-3-2-4-10(13(15,16)17)8(9)5-6-11(19)20/h2-6,12H,1H3,(H,19,20). The zero-order chi connectivity index (χ0) is 15.5. The first-order chi connectivity index (χ1) is 9.14. The molecule has 1 aromatic rings. The van der Waals surface area contributed by atoms with Crippen molar-refractivity contribution in [2.75, 3.05) is 0 Å². The quantitative estimate of drug-likeness (QED) is 0.663. The van der Waals surface area contributed by atoms with Crippen molar-refractivity contribution in [3.63, 3.8) is 0 Å². The highest BCUT2D eigenvalue weighted by Gasteiger charge is 2.34. The molecule has 0 radical (unpaired) electrons. The average Bonchev–Trinajstić information content (AvgIpc) is 2.33. The summed E-state index contributed by atoms with van der Waals surface area (Å²) in [5.41, 5.74) is -1.25. The zero-order valence-corrected chi connectivity index (χ0v) is 11.8. The lowest BCUT2D eigenvalue weighted by Crippen LogP contribution is -2.12. The molecule has 1 atom stereocenters. The van der Waals surface area contributed by atoms with Crippen LogP contribution < -0.4 is 0 Å². The lowest BCUT2D eigenvalue weighted by molar-refractivity contribution is -0.138. The number of halogens is 4. The van der Waals surface area contributed by atoms with E-state index in [2.05, 4.69) is 15.9 Å². The number of carboxylic acids is 1. The van der Waals surface area contributed by atoms with E-state index in [0.717, 1.165) is 12.1 Å². The number of Topliss-reactive ketones (excluding diaryl/α,β-unsaturated/α-hetero) is 1. The number of hydrogen-bond acceptors (Lipinski definition) is 2. The minimum absolute atomic E-state index is 0.0739. The van der Waals surface area contributed by atoms with Crippen molar-refractivity contribution in [3.8, 4) is 0 Å². The summed E-state index contributed by atoms with van der Waals surface area (Å²) in [6, 6.07) is 3.36. The highest BCUT2D eigenvalue weighted by atomic mass is 79.9. The van der Waals surface area contributed by atoms with E-state index in [1.54, 1.807) is 0 Å². The van der Waals surface area contributed by atoms with E-state index in [1.807, 2.05) is 0 Å². The second-order valence-corrected chi connectivity index (χ2v) is 4.87. The summed E-state index contributed by atoms with van der Waals surface area (Å²) in [6.07, 6.45) is -3.19. The summed E-state index contributed by atoms with van der Waals surface area (Å²) in [5, 5.41) is 8.56. The van der Waals surface area contributed by atoms with Crippen LogP contribution in [0.5, 0.6) is 0 Å². The van der Waals surface area contributed by atoms with Crippen molar-refractivity contribution in [2.45, 2.75) is 17.9 Å². The lowest BCUT2D eigenvalue weighted by atomic mass is 9.96. The van der Waals surface area contributed by atoms with Crippen molar-refractivity contribution in [1.82, 2.24) is 0 Å². The van der Waals surface area contributed by atoms with Gasteiger partial charge in [0.15, 0.2) is 0 Å². The van der Waals surface area contributed by atoms with Crippen LogP contribution in [-0.2, 0) is 15.8 Å². The van der Waals surface area contributed by atoms with Gasteiger partial charge in [0.25, 0.3) is 0 Å². The Balaban J connectivity index is 3.52. The molecule has 0 aromatic heterocycles. The molecule has 0 saturated heterocycles. The summed E-state index contributed by atoms with van der Waals surface area (Å²) in [5.74, 6) is -1.75. The molecule has 0 spiro atoms. The first kappa shape index (κ1) is 16.4. The van der Waals surface area contributed by atoms with E-state index in [9.17, 15) is 22.8 Å². The minimum Gasteiger partial charge on any atom is -0.478 e. The Labute approximate surface area is 121 Å². The number of carbonyl (C=O) groups excluding carboxylic acids is 1. The fraction of sp³-hybridized carbons (Fsp3) is 0.231. The van der Waals surface area contributed by atoms with Crippen molar-refractivity contribution < 1.29 is 27.9 Å². The third-order valence-corrected chi connectivity index (χ3v) is 3.61. The molecule has 1 rings (SSSR count). The van der Waals surface area contributed by atoms with Crippen LogP contribution in [0.2, 0.25) is 0 Å². The SMILES string of the molecule is CC(=O)C(Br)c1cccc(C(F)(F)F)c1C=CC(=O)O. The van der Waals surface area contributed by atoms with Crippen LogP contribution in [0.1, 0.15) is 28.4 Å². The second-order valence-electron chi connectivity index (χ2n) is 3.95. The number of hydrogen-bond donors (Lipinski definition) is 1. The van der Waals surface area contributed by atoms with Gasteiger partial charge in [-0.25, -0.2) is 4.79 Å². The number of alkyl halides is 4. The molecule has 1 N–H and O–H groups in total. The van der Waals surface area contributed by atoms with Gasteiger partial charge in [0, 0.05) is 6.08 Å². The van der Waals surface area contributed by atoms with E-state index in [-0.39, 0.29) is 16.9 Å². The summed E-state index contributed by atoms with van der Waals surface area (Å²) >= 11 is 3.01. The Morgan fingerprint density at radius 1 is 1.35 bits per heavy atom. The van der Waals surface area contributed by atoms with Gasteiger partial charge in [0.1, 0.15) is 5.78 Å². The summed E-state index contributed by atoms with van der Waals surface area (Å²) < 4.78 is 38.8. The fourth-order valence-electron chi connectivity index (χ4n) is 1.61. The fourth-order valence-corrected chi connectivity index (χ4v) is 2.01. The van der Waals surface area contributed by atoms with Crippen molar-refractivity contribution in [2.24, 2.45) is 0 Å². The Hall–Kier alpha value is -1.63. The van der Waals surface area contributed by atoms with E-state index in [1.165, 1.54) is 19.1 Å². The Bertz CT molecular complexity index is 564. The summed E-state index contributed by atoms with van der Waals surface area (Å²) in [4.78, 5) is 20.9. The first-order valence-corrected chi connectivity index (χ1v) is 6.31. The maximum absolute atomic E-state index is 12.9. The molecule has 0 aliphatic rings. The number of rotatable bonds is 4. The largest absolute Gasteiger partial charge is 0.478 e. The van der Waals surface area contributed by atoms with Gasteiger partial charge in [-0.15, -0.1) is 0 Å². The van der Waals surface area contributed by atoms with Gasteiger partial charge in [-0.05, 0) is 30.2 Å². The second kappa shape index (κ2) is 6.21. The van der Waals surface area contributed by atoms with Gasteiger partial charge in [-0.3, -0.25) is 4.79 Å². The molecule has 1 aromatic carbocycles. The normalized spacial score (nSPS) is 13.4. The van der Waals surface area contributed by atoms with E-state index < -0.39 is 22.5 Å². The molecular weight excluding hydrogens is 341 g/mol. The van der Waals surface area contributed by atoms with E-state index in [4.69, 9.17) is 5.11 Å². The van der Waals surface area contributed by atoms with Gasteiger partial charge in [-0.2, -0.15) is 13.2 Å². The number of carboxylic acid groups (broad SMARTS) is 1. The van der Waals surface area contributed by atoms with Crippen LogP contribution in [0.3, 0.4) is 0 Å². The molecule has 7 heteroatoms. The van der Waals surface area contributed by atoms with Gasteiger partial charge in [0.05, 0.1) is 10.4 Å². The molecule has 0 aliphatic carbocycles. The van der Waals surface area contributed by atoms with Crippen LogP contribution in [0.4, 0.5) is 13.2 Å². The van der Waals surface area contributed by atoms with E-state index in [0.29, 0.717) is 6.08 Å². The molecule has 0 amide bonds. The number of ketones is 1. The summed E-state index contributed by atoms with van der Waals surface area (Å²) in [6.45, 7) is 1.23. The predicted octanol–water partition coefficient (Wildman–Crippen LogP) is 3.83. The summed E-state index contributed by atoms with van der Waals surface area (Å²) in [7, 11) is 0. The first-order valence-electron chi connectivity index (χ1n) is 5.40. The van der Waals surface area contributed by atoms with E-state index >= 15 is 0 Å². The van der Waals surface area contributed by atoms with Crippen molar-refractivity contribution in [1.29, 1.82) is 0 Å². The smallest absolute Gasteiger partial charge is 0.416 e. The molecule has 0 saturated carbocycles. The highest BCUT2D eigenvalue weighted by Crippen LogP contribution is 2.37. The van der Waals surface area contributed by atoms with Gasteiger partial charge < -0.3 is 5.11 Å². The third-order valence-electron chi connectivity index (χ3n) is 2.47. The molecule has 20 heavy (non-hydrogen) atoms. The molecule has 3 nitrogen and oxygen atoms in total. The maximum atomic E-state index is 12.9. The van der Waals surface area contributed by atoms with Crippen LogP contribution in [0.15, 0.2) is 24.3 Å². The minimum atomic E-state index is -4.64. The monoisotopic (exact) mass is 350 g/mol. The Morgan fingerprint density at radius 3 is 2.40 bits per heavy atom. The molecule has 1 unspecified atom stereocenters. The highest BCUT2D eigenvalue weighted by molar-refractivity contribution is 9.09. The maximum Gasteiger partial charge on any atom is 0.416 e. The molecule has 0 bridgehead atoms. The molecule has 108 valence electrons. The zero-order valence-electron chi connectivity index (χ0n) is 10.2. The van der Waals surface area contributed by atoms with Crippen LogP contribution in [0.25, 0.3) is 6.08 Å². The van der Waals surface area contributed by atoms with Crippen LogP contribution in [0, 0.1) is 0 Å². The average molecular weight is 351 g/mol.